The van der Waals surface area contributed by atoms with E-state index in [1.807, 2.05) is 6.07 Å². The van der Waals surface area contributed by atoms with Crippen molar-refractivity contribution >= 4 is 15.7 Å². The van der Waals surface area contributed by atoms with Crippen LogP contribution in [0.5, 0.6) is 0 Å². The molecule has 0 saturated heterocycles. The summed E-state index contributed by atoms with van der Waals surface area (Å²) in [5.74, 6) is -0.415. The van der Waals surface area contributed by atoms with Crippen LogP contribution < -0.4 is 4.31 Å². The van der Waals surface area contributed by atoms with Crippen molar-refractivity contribution in [1.82, 2.24) is 0 Å². The molecule has 0 bridgehead atoms. The molecule has 0 aromatic heterocycles. The van der Waals surface area contributed by atoms with E-state index in [9.17, 15) is 12.8 Å². The summed E-state index contributed by atoms with van der Waals surface area (Å²) in [5, 5.41) is 0. The molecule has 0 unspecified atom stereocenters. The summed E-state index contributed by atoms with van der Waals surface area (Å²) in [7, 11) is -2.19. The number of hydrogen-bond donors (Lipinski definition) is 0. The first-order chi connectivity index (χ1) is 8.93. The van der Waals surface area contributed by atoms with E-state index in [0.29, 0.717) is 11.3 Å². The summed E-state index contributed by atoms with van der Waals surface area (Å²) in [6.45, 7) is 1.54. The van der Waals surface area contributed by atoms with Crippen molar-refractivity contribution in [2.24, 2.45) is 0 Å². The van der Waals surface area contributed by atoms with Crippen LogP contribution in [0.1, 0.15) is 5.56 Å². The van der Waals surface area contributed by atoms with Crippen molar-refractivity contribution in [3.8, 4) is 0 Å². The first-order valence-electron chi connectivity index (χ1n) is 5.73. The van der Waals surface area contributed by atoms with Crippen molar-refractivity contribution in [1.29, 1.82) is 0 Å². The highest BCUT2D eigenvalue weighted by molar-refractivity contribution is 7.92. The summed E-state index contributed by atoms with van der Waals surface area (Å²) in [4.78, 5) is 0.0813. The Hall–Kier alpha value is -1.88. The minimum Gasteiger partial charge on any atom is -0.269 e. The molecule has 0 heterocycles. The van der Waals surface area contributed by atoms with Crippen LogP contribution in [-0.2, 0) is 10.0 Å². The Balaban J connectivity index is 2.45. The highest BCUT2D eigenvalue weighted by atomic mass is 32.2. The van der Waals surface area contributed by atoms with Gasteiger partial charge in [0.05, 0.1) is 10.6 Å². The first-order valence-corrected chi connectivity index (χ1v) is 7.17. The lowest BCUT2D eigenvalue weighted by Crippen LogP contribution is -2.26. The van der Waals surface area contributed by atoms with Gasteiger partial charge in [0.15, 0.2) is 0 Å². The van der Waals surface area contributed by atoms with Gasteiger partial charge < -0.3 is 0 Å². The average molecular weight is 279 g/mol. The van der Waals surface area contributed by atoms with Crippen LogP contribution in [0.4, 0.5) is 10.1 Å². The summed E-state index contributed by atoms with van der Waals surface area (Å²) in [6.07, 6.45) is 0. The fourth-order valence-corrected chi connectivity index (χ4v) is 2.99. The average Bonchev–Trinajstić information content (AvgIpc) is 2.41. The standard InChI is InChI=1S/C14H14FNO2S/c1-11-10-13(8-9-14(11)15)19(17,18)16(2)12-6-4-3-5-7-12/h3-10H,1-2H3. The first kappa shape index (κ1) is 13.5. The molecule has 5 heteroatoms. The zero-order valence-electron chi connectivity index (χ0n) is 10.7. The second-order valence-corrected chi connectivity index (χ2v) is 6.19. The maximum Gasteiger partial charge on any atom is 0.264 e. The molecule has 0 atom stereocenters. The maximum absolute atomic E-state index is 13.2. The summed E-state index contributed by atoms with van der Waals surface area (Å²) in [5.41, 5.74) is 0.868. The van der Waals surface area contributed by atoms with Gasteiger partial charge in [-0.25, -0.2) is 12.8 Å². The molecule has 2 rings (SSSR count). The SMILES string of the molecule is Cc1cc(S(=O)(=O)N(C)c2ccccc2)ccc1F. The number of nitrogens with zero attached hydrogens (tertiary/aromatic N) is 1. The molecule has 0 aliphatic heterocycles. The molecule has 100 valence electrons. The Labute approximate surface area is 112 Å². The molecule has 0 N–H and O–H groups in total. The third-order valence-corrected chi connectivity index (χ3v) is 4.69. The van der Waals surface area contributed by atoms with E-state index < -0.39 is 15.8 Å². The molecule has 0 saturated carbocycles. The Kier molecular flexibility index (Phi) is 3.57. The highest BCUT2D eigenvalue weighted by Gasteiger charge is 2.21. The van der Waals surface area contributed by atoms with Crippen molar-refractivity contribution < 1.29 is 12.8 Å². The van der Waals surface area contributed by atoms with Crippen molar-refractivity contribution in [3.63, 3.8) is 0 Å². The predicted octanol–water partition coefficient (Wildman–Crippen LogP) is 2.96. The van der Waals surface area contributed by atoms with E-state index in [2.05, 4.69) is 0 Å². The lowest BCUT2D eigenvalue weighted by Gasteiger charge is -2.19. The number of benzene rings is 2. The normalized spacial score (nSPS) is 11.3. The van der Waals surface area contributed by atoms with E-state index in [1.54, 1.807) is 24.3 Å². The fourth-order valence-electron chi connectivity index (χ4n) is 1.71. The van der Waals surface area contributed by atoms with Gasteiger partial charge in [0.1, 0.15) is 5.82 Å². The Bertz CT molecular complexity index is 684. The third-order valence-electron chi connectivity index (χ3n) is 2.91. The summed E-state index contributed by atoms with van der Waals surface area (Å²) >= 11 is 0. The Morgan fingerprint density at radius 3 is 2.26 bits per heavy atom. The molecule has 0 spiro atoms. The molecule has 3 nitrogen and oxygen atoms in total. The van der Waals surface area contributed by atoms with E-state index >= 15 is 0 Å². The quantitative estimate of drug-likeness (QED) is 0.866. The van der Waals surface area contributed by atoms with Gasteiger partial charge in [-0.2, -0.15) is 0 Å². The van der Waals surface area contributed by atoms with Gasteiger partial charge in [-0.15, -0.1) is 0 Å². The van der Waals surface area contributed by atoms with Crippen molar-refractivity contribution in [2.45, 2.75) is 11.8 Å². The summed E-state index contributed by atoms with van der Waals surface area (Å²) < 4.78 is 39.2. The van der Waals surface area contributed by atoms with Gasteiger partial charge in [0, 0.05) is 7.05 Å². The zero-order chi connectivity index (χ0) is 14.0. The molecule has 0 aliphatic rings. The van der Waals surface area contributed by atoms with Gasteiger partial charge in [0.25, 0.3) is 10.0 Å². The van der Waals surface area contributed by atoms with Crippen LogP contribution >= 0.6 is 0 Å². The number of para-hydroxylation sites is 1. The second kappa shape index (κ2) is 5.01. The molecule has 19 heavy (non-hydrogen) atoms. The molecular weight excluding hydrogens is 265 g/mol. The van der Waals surface area contributed by atoms with Crippen molar-refractivity contribution in [3.05, 3.63) is 59.9 Å². The largest absolute Gasteiger partial charge is 0.269 e. The lowest BCUT2D eigenvalue weighted by molar-refractivity contribution is 0.592. The Morgan fingerprint density at radius 1 is 1.05 bits per heavy atom. The Morgan fingerprint density at radius 2 is 1.68 bits per heavy atom. The molecule has 0 radical (unpaired) electrons. The molecule has 0 fully saturated rings. The molecule has 0 aliphatic carbocycles. The number of hydrogen-bond acceptors (Lipinski definition) is 2. The summed E-state index contributed by atoms with van der Waals surface area (Å²) in [6, 6.07) is 12.5. The fraction of sp³-hybridized carbons (Fsp3) is 0.143. The minimum absolute atomic E-state index is 0.0813. The van der Waals surface area contributed by atoms with Gasteiger partial charge in [-0.05, 0) is 42.8 Å². The number of halogens is 1. The van der Waals surface area contributed by atoms with Crippen molar-refractivity contribution in [2.75, 3.05) is 11.4 Å². The number of sulfonamides is 1. The number of rotatable bonds is 3. The predicted molar refractivity (Wildman–Crippen MR) is 73.2 cm³/mol. The monoisotopic (exact) mass is 279 g/mol. The van der Waals surface area contributed by atoms with E-state index in [0.717, 1.165) is 0 Å². The topological polar surface area (TPSA) is 37.4 Å². The van der Waals surface area contributed by atoms with Gasteiger partial charge in [-0.3, -0.25) is 4.31 Å². The smallest absolute Gasteiger partial charge is 0.264 e. The van der Waals surface area contributed by atoms with Crippen LogP contribution in [0.15, 0.2) is 53.4 Å². The highest BCUT2D eigenvalue weighted by Crippen LogP contribution is 2.22. The van der Waals surface area contributed by atoms with Gasteiger partial charge in [0.2, 0.25) is 0 Å². The third kappa shape index (κ3) is 2.61. The van der Waals surface area contributed by atoms with Crippen LogP contribution in [0, 0.1) is 12.7 Å². The molecule has 0 amide bonds. The zero-order valence-corrected chi connectivity index (χ0v) is 11.5. The van der Waals surface area contributed by atoms with Crippen LogP contribution in [0.25, 0.3) is 0 Å². The van der Waals surface area contributed by atoms with Gasteiger partial charge in [-0.1, -0.05) is 18.2 Å². The van der Waals surface area contributed by atoms with E-state index in [-0.39, 0.29) is 4.90 Å². The van der Waals surface area contributed by atoms with Crippen LogP contribution in [0.3, 0.4) is 0 Å². The molecular formula is C14H14FNO2S. The molecule has 2 aromatic carbocycles. The second-order valence-electron chi connectivity index (χ2n) is 4.22. The van der Waals surface area contributed by atoms with Crippen LogP contribution in [-0.4, -0.2) is 15.5 Å². The van der Waals surface area contributed by atoms with Gasteiger partial charge >= 0.3 is 0 Å². The van der Waals surface area contributed by atoms with E-state index in [1.165, 1.54) is 36.5 Å². The number of anilines is 1. The minimum atomic E-state index is -3.66. The molecule has 2 aromatic rings. The van der Waals surface area contributed by atoms with Crippen LogP contribution in [0.2, 0.25) is 0 Å². The lowest BCUT2D eigenvalue weighted by atomic mass is 10.2. The van der Waals surface area contributed by atoms with E-state index in [4.69, 9.17) is 0 Å². The maximum atomic E-state index is 13.2. The number of aryl methyl sites for hydroxylation is 1.